The van der Waals surface area contributed by atoms with Gasteiger partial charge in [-0.1, -0.05) is 54.2 Å². The molecule has 0 aliphatic rings. The van der Waals surface area contributed by atoms with Gasteiger partial charge >= 0.3 is 0 Å². The lowest BCUT2D eigenvalue weighted by Crippen LogP contribution is -2.15. The molecule has 35 heavy (non-hydrogen) atoms. The van der Waals surface area contributed by atoms with Crippen LogP contribution in [0.5, 0.6) is 11.8 Å². The van der Waals surface area contributed by atoms with Crippen LogP contribution in [-0.2, 0) is 0 Å². The third kappa shape index (κ3) is 4.62. The standard InChI is InChI=1S/C27H23N3O3S2/c1-17-5-3-4-6-22(17)35-25-26(31)29-30(27(25)32)24(21-12-14-34-16-21)19-9-7-18(8-10-19)20-11-13-28-23(15-20)33-2/h3-16,24,32H,1-2H3,(H,29,31). The minimum absolute atomic E-state index is 0.0811. The monoisotopic (exact) mass is 501 g/mol. The predicted octanol–water partition coefficient (Wildman–Crippen LogP) is 6.11. The van der Waals surface area contributed by atoms with E-state index in [1.807, 2.05) is 84.4 Å². The van der Waals surface area contributed by atoms with E-state index >= 15 is 0 Å². The van der Waals surface area contributed by atoms with Gasteiger partial charge in [-0.05, 0) is 63.7 Å². The first-order valence-corrected chi connectivity index (χ1v) is 12.7. The fourth-order valence-corrected chi connectivity index (χ4v) is 5.57. The molecule has 1 atom stereocenters. The highest BCUT2D eigenvalue weighted by atomic mass is 32.2. The Morgan fingerprint density at radius 2 is 1.86 bits per heavy atom. The van der Waals surface area contributed by atoms with E-state index in [1.54, 1.807) is 29.3 Å². The van der Waals surface area contributed by atoms with Crippen LogP contribution in [0.1, 0.15) is 22.7 Å². The van der Waals surface area contributed by atoms with Gasteiger partial charge < -0.3 is 9.84 Å². The lowest BCUT2D eigenvalue weighted by molar-refractivity contribution is 0.385. The number of nitrogens with one attached hydrogen (secondary N) is 1. The van der Waals surface area contributed by atoms with Gasteiger partial charge in [0.15, 0.2) is 0 Å². The number of rotatable bonds is 7. The van der Waals surface area contributed by atoms with Crippen LogP contribution >= 0.6 is 23.1 Å². The molecule has 3 heterocycles. The maximum Gasteiger partial charge on any atom is 0.282 e. The second-order valence-electron chi connectivity index (χ2n) is 8.00. The van der Waals surface area contributed by atoms with Gasteiger partial charge in [0.2, 0.25) is 11.8 Å². The molecule has 0 bridgehead atoms. The van der Waals surface area contributed by atoms with Crippen molar-refractivity contribution in [3.8, 4) is 22.9 Å². The number of aromatic hydroxyl groups is 1. The van der Waals surface area contributed by atoms with E-state index in [4.69, 9.17) is 4.74 Å². The second-order valence-corrected chi connectivity index (χ2v) is 9.83. The van der Waals surface area contributed by atoms with Crippen molar-refractivity contribution in [2.75, 3.05) is 7.11 Å². The van der Waals surface area contributed by atoms with E-state index in [0.29, 0.717) is 5.88 Å². The third-order valence-electron chi connectivity index (χ3n) is 5.79. The average Bonchev–Trinajstić information content (AvgIpc) is 3.51. The normalized spacial score (nSPS) is 11.9. The minimum atomic E-state index is -0.388. The van der Waals surface area contributed by atoms with Gasteiger partial charge in [-0.2, -0.15) is 11.3 Å². The van der Waals surface area contributed by atoms with Crippen molar-refractivity contribution in [1.29, 1.82) is 0 Å². The van der Waals surface area contributed by atoms with Crippen LogP contribution in [0.2, 0.25) is 0 Å². The number of H-pyrrole nitrogens is 1. The van der Waals surface area contributed by atoms with Crippen molar-refractivity contribution in [2.24, 2.45) is 0 Å². The molecule has 0 saturated carbocycles. The molecule has 0 aliphatic heterocycles. The summed E-state index contributed by atoms with van der Waals surface area (Å²) in [4.78, 5) is 18.3. The highest BCUT2D eigenvalue weighted by Gasteiger charge is 2.25. The molecule has 0 radical (unpaired) electrons. The Morgan fingerprint density at radius 3 is 2.57 bits per heavy atom. The summed E-state index contributed by atoms with van der Waals surface area (Å²) in [5, 5.41) is 18.1. The zero-order valence-electron chi connectivity index (χ0n) is 19.1. The van der Waals surface area contributed by atoms with Crippen LogP contribution in [0.3, 0.4) is 0 Å². The quantitative estimate of drug-likeness (QED) is 0.281. The Bertz CT molecular complexity index is 1510. The summed E-state index contributed by atoms with van der Waals surface area (Å²) < 4.78 is 6.80. The summed E-state index contributed by atoms with van der Waals surface area (Å²) in [5.74, 6) is 0.471. The molecular weight excluding hydrogens is 478 g/mol. The van der Waals surface area contributed by atoms with Gasteiger partial charge in [0.25, 0.3) is 5.56 Å². The summed E-state index contributed by atoms with van der Waals surface area (Å²) in [6.45, 7) is 1.98. The molecular formula is C27H23N3O3S2. The van der Waals surface area contributed by atoms with Gasteiger partial charge in [-0.25, -0.2) is 9.67 Å². The van der Waals surface area contributed by atoms with E-state index in [1.165, 1.54) is 11.8 Å². The number of hydrogen-bond acceptors (Lipinski definition) is 6. The summed E-state index contributed by atoms with van der Waals surface area (Å²) in [6, 6.07) is 21.3. The van der Waals surface area contributed by atoms with E-state index < -0.39 is 0 Å². The van der Waals surface area contributed by atoms with Crippen LogP contribution in [0.25, 0.3) is 11.1 Å². The minimum Gasteiger partial charge on any atom is -0.493 e. The average molecular weight is 502 g/mol. The molecule has 176 valence electrons. The van der Waals surface area contributed by atoms with E-state index in [-0.39, 0.29) is 22.4 Å². The second kappa shape index (κ2) is 9.85. The summed E-state index contributed by atoms with van der Waals surface area (Å²) in [6.07, 6.45) is 1.71. The first kappa shape index (κ1) is 23.0. The van der Waals surface area contributed by atoms with E-state index in [9.17, 15) is 9.90 Å². The molecule has 1 unspecified atom stereocenters. The Morgan fingerprint density at radius 1 is 1.06 bits per heavy atom. The molecule has 0 aliphatic carbocycles. The molecule has 0 spiro atoms. The van der Waals surface area contributed by atoms with Crippen LogP contribution in [-0.4, -0.2) is 27.0 Å². The van der Waals surface area contributed by atoms with E-state index in [2.05, 4.69) is 10.1 Å². The van der Waals surface area contributed by atoms with Crippen molar-refractivity contribution >= 4 is 23.1 Å². The van der Waals surface area contributed by atoms with Crippen LogP contribution in [0.15, 0.2) is 98.3 Å². The predicted molar refractivity (Wildman–Crippen MR) is 140 cm³/mol. The van der Waals surface area contributed by atoms with Crippen molar-refractivity contribution in [3.05, 3.63) is 111 Å². The number of aromatic nitrogens is 3. The maximum atomic E-state index is 12.9. The number of ether oxygens (including phenoxy) is 1. The Kier molecular flexibility index (Phi) is 6.48. The zero-order chi connectivity index (χ0) is 24.4. The fourth-order valence-electron chi connectivity index (χ4n) is 3.96. The van der Waals surface area contributed by atoms with Gasteiger partial charge in [0.05, 0.1) is 7.11 Å². The van der Waals surface area contributed by atoms with E-state index in [0.717, 1.165) is 32.7 Å². The number of nitrogens with zero attached hydrogens (tertiary/aromatic N) is 2. The first-order valence-electron chi connectivity index (χ1n) is 10.9. The first-order chi connectivity index (χ1) is 17.0. The number of hydrogen-bond donors (Lipinski definition) is 2. The lowest BCUT2D eigenvalue weighted by Gasteiger charge is -2.19. The number of aryl methyl sites for hydroxylation is 1. The number of thiophene rings is 1. The number of aromatic amines is 1. The summed E-state index contributed by atoms with van der Waals surface area (Å²) in [7, 11) is 1.59. The van der Waals surface area contributed by atoms with Crippen LogP contribution < -0.4 is 10.3 Å². The molecule has 0 saturated heterocycles. The van der Waals surface area contributed by atoms with Crippen molar-refractivity contribution in [2.45, 2.75) is 22.8 Å². The molecule has 6 nitrogen and oxygen atoms in total. The smallest absolute Gasteiger partial charge is 0.282 e. The van der Waals surface area contributed by atoms with Crippen molar-refractivity contribution in [3.63, 3.8) is 0 Å². The van der Waals surface area contributed by atoms with Crippen molar-refractivity contribution < 1.29 is 9.84 Å². The Labute approximate surface area is 210 Å². The third-order valence-corrected chi connectivity index (χ3v) is 7.74. The number of benzene rings is 2. The highest BCUT2D eigenvalue weighted by molar-refractivity contribution is 7.99. The largest absolute Gasteiger partial charge is 0.493 e. The SMILES string of the molecule is COc1cc(-c2ccc(C(c3ccsc3)n3[nH]c(=O)c(Sc4ccccc4C)c3O)cc2)ccn1. The summed E-state index contributed by atoms with van der Waals surface area (Å²) in [5.41, 5.74) is 4.63. The molecule has 5 rings (SSSR count). The fraction of sp³-hybridized carbons (Fsp3) is 0.111. The molecule has 2 aromatic carbocycles. The Balaban J connectivity index is 1.54. The van der Waals surface area contributed by atoms with Gasteiger partial charge in [-0.3, -0.25) is 9.89 Å². The maximum absolute atomic E-state index is 12.9. The molecule has 0 fully saturated rings. The van der Waals surface area contributed by atoms with Crippen LogP contribution in [0.4, 0.5) is 0 Å². The molecule has 2 N–H and O–H groups in total. The number of pyridine rings is 1. The van der Waals surface area contributed by atoms with Gasteiger partial charge in [-0.15, -0.1) is 0 Å². The van der Waals surface area contributed by atoms with Gasteiger partial charge in [0.1, 0.15) is 10.9 Å². The Hall–Kier alpha value is -3.75. The topological polar surface area (TPSA) is 80.1 Å². The molecule has 5 aromatic rings. The lowest BCUT2D eigenvalue weighted by atomic mass is 9.98. The summed E-state index contributed by atoms with van der Waals surface area (Å²) >= 11 is 2.84. The molecule has 3 aromatic heterocycles. The van der Waals surface area contributed by atoms with Crippen LogP contribution in [0, 0.1) is 6.92 Å². The molecule has 8 heteroatoms. The zero-order valence-corrected chi connectivity index (χ0v) is 20.8. The molecule has 0 amide bonds. The van der Waals surface area contributed by atoms with Gasteiger partial charge in [0, 0.05) is 17.2 Å². The number of methoxy groups -OCH3 is 1. The highest BCUT2D eigenvalue weighted by Crippen LogP contribution is 2.38. The van der Waals surface area contributed by atoms with Crippen molar-refractivity contribution in [1.82, 2.24) is 14.8 Å².